The number of benzene rings is 4. The van der Waals surface area contributed by atoms with E-state index in [2.05, 4.69) is 203 Å². The number of rotatable bonds is 13. The molecule has 0 unspecified atom stereocenters. The lowest BCUT2D eigenvalue weighted by Gasteiger charge is -2.32. The lowest BCUT2D eigenvalue weighted by Crippen LogP contribution is -2.31. The van der Waals surface area contributed by atoms with E-state index in [4.69, 9.17) is 14.2 Å². The van der Waals surface area contributed by atoms with Gasteiger partial charge in [0.25, 0.3) is 0 Å². The van der Waals surface area contributed by atoms with Crippen LogP contribution in [0.5, 0.6) is 17.2 Å². The predicted molar refractivity (Wildman–Crippen MR) is 332 cm³/mol. The van der Waals surface area contributed by atoms with Gasteiger partial charge in [0, 0.05) is 27.8 Å². The zero-order chi connectivity index (χ0) is 60.4. The molecule has 0 heterocycles. The molecule has 0 aliphatic rings. The van der Waals surface area contributed by atoms with Crippen molar-refractivity contribution < 1.29 is 28.6 Å². The highest BCUT2D eigenvalue weighted by molar-refractivity contribution is 5.80. The molecular weight excluding hydrogens is 961 g/mol. The molecule has 4 aromatic rings. The second kappa shape index (κ2) is 24.6. The molecule has 0 aliphatic heterocycles. The molecular formula is C72H110O6. The van der Waals surface area contributed by atoms with Crippen LogP contribution in [0.15, 0.2) is 36.4 Å². The number of carbonyl (C=O) groups excluding carboxylic acids is 3. The van der Waals surface area contributed by atoms with Crippen LogP contribution in [0.1, 0.15) is 290 Å². The minimum absolute atomic E-state index is 0.213. The monoisotopic (exact) mass is 1070 g/mol. The highest BCUT2D eigenvalue weighted by Gasteiger charge is 2.36. The molecule has 0 N–H and O–H groups in total. The highest BCUT2D eigenvalue weighted by Crippen LogP contribution is 2.46. The molecule has 4 rings (SSSR count). The van der Waals surface area contributed by atoms with E-state index in [9.17, 15) is 14.4 Å². The Balaban J connectivity index is 0.00000521. The number of hydrogen-bond acceptors (Lipinski definition) is 6. The Hall–Kier alpha value is -4.71. The van der Waals surface area contributed by atoms with Gasteiger partial charge in [0.1, 0.15) is 17.2 Å². The van der Waals surface area contributed by atoms with E-state index < -0.39 is 10.8 Å². The second-order valence-corrected chi connectivity index (χ2v) is 30.8. The van der Waals surface area contributed by atoms with Gasteiger partial charge < -0.3 is 14.2 Å². The summed E-state index contributed by atoms with van der Waals surface area (Å²) in [6, 6.07) is 13.7. The van der Waals surface area contributed by atoms with E-state index in [-0.39, 0.29) is 50.4 Å². The van der Waals surface area contributed by atoms with Gasteiger partial charge in [-0.25, -0.2) is 0 Å². The number of carbonyl (C=O) groups is 3. The Morgan fingerprint density at radius 1 is 0.397 bits per heavy atom. The van der Waals surface area contributed by atoms with Crippen LogP contribution in [0.25, 0.3) is 0 Å². The van der Waals surface area contributed by atoms with Gasteiger partial charge in [0.05, 0.1) is 17.3 Å². The zero-order valence-corrected chi connectivity index (χ0v) is 55.4. The first-order valence-electron chi connectivity index (χ1n) is 29.4. The molecule has 4 aromatic carbocycles. The topological polar surface area (TPSA) is 78.9 Å². The Morgan fingerprint density at radius 3 is 0.949 bits per heavy atom. The van der Waals surface area contributed by atoms with E-state index >= 15 is 0 Å². The first-order valence-corrected chi connectivity index (χ1v) is 29.4. The van der Waals surface area contributed by atoms with E-state index in [1.54, 1.807) is 0 Å². The van der Waals surface area contributed by atoms with Crippen molar-refractivity contribution in [1.29, 1.82) is 0 Å². The van der Waals surface area contributed by atoms with Crippen molar-refractivity contribution in [2.75, 3.05) is 0 Å². The van der Waals surface area contributed by atoms with Gasteiger partial charge in [-0.15, -0.1) is 0 Å². The number of aryl methyl sites for hydroxylation is 1. The van der Waals surface area contributed by atoms with Crippen LogP contribution >= 0.6 is 0 Å². The smallest absolute Gasteiger partial charge is 0.316 e. The molecule has 434 valence electrons. The van der Waals surface area contributed by atoms with E-state index in [0.717, 1.165) is 33.4 Å². The molecule has 6 nitrogen and oxygen atoms in total. The molecule has 0 aromatic heterocycles. The number of esters is 3. The summed E-state index contributed by atoms with van der Waals surface area (Å²) >= 11 is 0. The maximum atomic E-state index is 13.9. The summed E-state index contributed by atoms with van der Waals surface area (Å²) in [5.41, 5.74) is 14.2. The van der Waals surface area contributed by atoms with Crippen LogP contribution < -0.4 is 14.2 Å². The summed E-state index contributed by atoms with van der Waals surface area (Å²) in [6.45, 7) is 64.3. The van der Waals surface area contributed by atoms with Gasteiger partial charge >= 0.3 is 17.9 Å². The Kier molecular flexibility index (Phi) is 21.3. The average molecular weight is 1070 g/mol. The molecule has 0 amide bonds. The van der Waals surface area contributed by atoms with Gasteiger partial charge in [-0.05, 0) is 176 Å². The van der Waals surface area contributed by atoms with Crippen molar-refractivity contribution in [3.63, 3.8) is 0 Å². The fourth-order valence-electron chi connectivity index (χ4n) is 9.83. The molecule has 0 saturated carbocycles. The fourth-order valence-corrected chi connectivity index (χ4v) is 9.83. The predicted octanol–water partition coefficient (Wildman–Crippen LogP) is 19.5. The summed E-state index contributed by atoms with van der Waals surface area (Å²) < 4.78 is 19.4. The summed E-state index contributed by atoms with van der Waals surface area (Å²) in [5, 5.41) is 0. The summed E-state index contributed by atoms with van der Waals surface area (Å²) in [5.74, 6) is 1.37. The highest BCUT2D eigenvalue weighted by atomic mass is 16.5. The van der Waals surface area contributed by atoms with Gasteiger partial charge in [-0.3, -0.25) is 14.4 Å². The maximum Gasteiger partial charge on any atom is 0.316 e. The Labute approximate surface area is 477 Å². The first kappa shape index (κ1) is 67.6. The molecule has 0 saturated heterocycles. The van der Waals surface area contributed by atoms with Gasteiger partial charge in [-0.2, -0.15) is 0 Å². The normalized spacial score (nSPS) is 13.0. The quantitative estimate of drug-likeness (QED) is 0.0980. The number of ether oxygens (including phenoxy) is 3. The third-order valence-electron chi connectivity index (χ3n) is 15.1. The van der Waals surface area contributed by atoms with Gasteiger partial charge in [-0.1, -0.05) is 195 Å². The SMILES string of the molecule is CCC.CCc1cc(Cc2c(C)c(Cc3cc(C(C)(C)C)c(OC(=O)CC(C)(C)C)c(C(C)(C)C)c3)c(C)c(Cc3cc(C(C)(C)C)c(OC(=O)C(C)(C)CC)c(C(C)(C)C)c3)c2C)cc(C(C)(C)C)c1OC(=O)C(C)(C)C. The molecule has 0 aliphatic carbocycles. The molecule has 78 heavy (non-hydrogen) atoms. The summed E-state index contributed by atoms with van der Waals surface area (Å²) in [7, 11) is 0. The van der Waals surface area contributed by atoms with Gasteiger partial charge in [0.15, 0.2) is 0 Å². The minimum Gasteiger partial charge on any atom is -0.426 e. The van der Waals surface area contributed by atoms with E-state index in [0.29, 0.717) is 55.8 Å². The van der Waals surface area contributed by atoms with Crippen molar-refractivity contribution in [2.24, 2.45) is 16.2 Å². The molecule has 0 spiro atoms. The Bertz CT molecular complexity index is 2730. The largest absolute Gasteiger partial charge is 0.426 e. The summed E-state index contributed by atoms with van der Waals surface area (Å²) in [6.07, 6.45) is 5.00. The third kappa shape index (κ3) is 17.2. The standard InChI is InChI=1S/C69H102O6.C3H8/c1-29-47-31-44(35-51(63(9,10)11)57(47)74-60(71)68(24,25)26)32-48-41(3)49(33-45-36-52(64(12,13)14)58(53(37-45)65(15,16)17)73-56(70)40-62(6,7)8)43(5)50(42(48)4)34-46-38-54(66(18,19)20)59(55(39-46)67(21,22)23)75-61(72)69(27,28)30-2;1-3-2/h31,35-39H,29-30,32-34,40H2,1-28H3;3H2,1-2H3. The van der Waals surface area contributed by atoms with Crippen molar-refractivity contribution in [3.05, 3.63) is 120 Å². The maximum absolute atomic E-state index is 13.9. The van der Waals surface area contributed by atoms with Crippen molar-refractivity contribution in [1.82, 2.24) is 0 Å². The minimum atomic E-state index is -0.655. The van der Waals surface area contributed by atoms with E-state index in [1.807, 2.05) is 41.5 Å². The van der Waals surface area contributed by atoms with Crippen molar-refractivity contribution in [2.45, 2.75) is 280 Å². The lowest BCUT2D eigenvalue weighted by atomic mass is 9.76. The molecule has 0 fully saturated rings. The summed E-state index contributed by atoms with van der Waals surface area (Å²) in [4.78, 5) is 41.1. The fraction of sp³-hybridized carbons (Fsp3) is 0.625. The second-order valence-electron chi connectivity index (χ2n) is 30.8. The zero-order valence-electron chi connectivity index (χ0n) is 55.4. The van der Waals surface area contributed by atoms with Crippen molar-refractivity contribution in [3.8, 4) is 17.2 Å². The molecule has 0 radical (unpaired) electrons. The van der Waals surface area contributed by atoms with Crippen LogP contribution in [0.3, 0.4) is 0 Å². The van der Waals surface area contributed by atoms with Crippen LogP contribution in [0, 0.1) is 37.0 Å². The third-order valence-corrected chi connectivity index (χ3v) is 15.1. The molecule has 6 heteroatoms. The molecule has 0 bridgehead atoms. The Morgan fingerprint density at radius 2 is 0.679 bits per heavy atom. The van der Waals surface area contributed by atoms with Crippen molar-refractivity contribution >= 4 is 17.9 Å². The van der Waals surface area contributed by atoms with E-state index in [1.165, 1.54) is 56.5 Å². The van der Waals surface area contributed by atoms with Crippen LogP contribution in [-0.4, -0.2) is 17.9 Å². The average Bonchev–Trinajstić information content (AvgIpc) is 3.26. The van der Waals surface area contributed by atoms with Crippen LogP contribution in [-0.2, 0) is 67.1 Å². The number of hydrogen-bond donors (Lipinski definition) is 0. The lowest BCUT2D eigenvalue weighted by molar-refractivity contribution is -0.144. The van der Waals surface area contributed by atoms with Crippen LogP contribution in [0.2, 0.25) is 0 Å². The van der Waals surface area contributed by atoms with Gasteiger partial charge in [0.2, 0.25) is 0 Å². The molecule has 0 atom stereocenters. The first-order chi connectivity index (χ1) is 35.1. The van der Waals surface area contributed by atoms with Crippen LogP contribution in [0.4, 0.5) is 0 Å².